The molecule has 0 aliphatic rings. The molecule has 0 aliphatic carbocycles. The minimum atomic E-state index is -0.377. The highest BCUT2D eigenvalue weighted by atomic mass is 16.5. The van der Waals surface area contributed by atoms with Crippen LogP contribution in [0.4, 0.5) is 0 Å². The summed E-state index contributed by atoms with van der Waals surface area (Å²) in [6.07, 6.45) is 3.15. The van der Waals surface area contributed by atoms with E-state index in [1.54, 1.807) is 48.5 Å². The van der Waals surface area contributed by atoms with Gasteiger partial charge in [-0.1, -0.05) is 30.9 Å². The Balaban J connectivity index is 2.34. The van der Waals surface area contributed by atoms with Crippen LogP contribution in [-0.2, 0) is 0 Å². The molecule has 0 unspecified atom stereocenters. The van der Waals surface area contributed by atoms with Crippen molar-refractivity contribution in [1.82, 2.24) is 0 Å². The van der Waals surface area contributed by atoms with Crippen LogP contribution in [0.1, 0.15) is 15.9 Å². The summed E-state index contributed by atoms with van der Waals surface area (Å²) in [7, 11) is 3.04. The minimum absolute atomic E-state index is 0.0140. The summed E-state index contributed by atoms with van der Waals surface area (Å²) in [6.45, 7) is 3.95. The summed E-state index contributed by atoms with van der Waals surface area (Å²) in [6, 6.07) is 13.8. The summed E-state index contributed by atoms with van der Waals surface area (Å²) in [5.74, 6) is 1.24. The lowest BCUT2D eigenvalue weighted by molar-refractivity contribution is 0.103. The molecule has 5 heteroatoms. The number of ketones is 1. The van der Waals surface area contributed by atoms with Gasteiger partial charge in [0, 0.05) is 5.56 Å². The predicted molar refractivity (Wildman–Crippen MR) is 99.6 cm³/mol. The molecule has 0 saturated carbocycles. The van der Waals surface area contributed by atoms with Crippen LogP contribution in [0.5, 0.6) is 17.2 Å². The Labute approximate surface area is 152 Å². The topological polar surface area (TPSA) is 68.5 Å². The zero-order valence-electron chi connectivity index (χ0n) is 14.7. The molecule has 0 fully saturated rings. The Hall–Kier alpha value is -3.52. The average molecular weight is 349 g/mol. The summed E-state index contributed by atoms with van der Waals surface area (Å²) in [5.41, 5.74) is 1.05. The van der Waals surface area contributed by atoms with Gasteiger partial charge in [-0.2, -0.15) is 5.26 Å². The van der Waals surface area contributed by atoms with Gasteiger partial charge >= 0.3 is 0 Å². The maximum atomic E-state index is 12.6. The van der Waals surface area contributed by atoms with E-state index < -0.39 is 0 Å². The van der Waals surface area contributed by atoms with E-state index in [9.17, 15) is 10.1 Å². The monoisotopic (exact) mass is 349 g/mol. The Morgan fingerprint density at radius 1 is 1.15 bits per heavy atom. The van der Waals surface area contributed by atoms with Crippen molar-refractivity contribution in [3.05, 3.63) is 71.8 Å². The molecule has 2 rings (SSSR count). The van der Waals surface area contributed by atoms with Gasteiger partial charge in [0.25, 0.3) is 0 Å². The third-order valence-corrected chi connectivity index (χ3v) is 3.55. The molecule has 0 spiro atoms. The van der Waals surface area contributed by atoms with Crippen LogP contribution >= 0.6 is 0 Å². The van der Waals surface area contributed by atoms with E-state index in [0.717, 1.165) is 0 Å². The van der Waals surface area contributed by atoms with Gasteiger partial charge in [-0.3, -0.25) is 4.79 Å². The zero-order chi connectivity index (χ0) is 18.9. The number of hydrogen-bond donors (Lipinski definition) is 0. The molecule has 2 aromatic rings. The quantitative estimate of drug-likeness (QED) is 0.311. The molecular weight excluding hydrogens is 330 g/mol. The van der Waals surface area contributed by atoms with E-state index in [-0.39, 0.29) is 11.4 Å². The average Bonchev–Trinajstić information content (AvgIpc) is 2.70. The maximum Gasteiger partial charge on any atom is 0.203 e. The van der Waals surface area contributed by atoms with E-state index in [2.05, 4.69) is 6.58 Å². The molecule has 5 nitrogen and oxygen atoms in total. The molecule has 26 heavy (non-hydrogen) atoms. The van der Waals surface area contributed by atoms with Crippen molar-refractivity contribution in [2.75, 3.05) is 20.8 Å². The molecule has 0 saturated heterocycles. The fourth-order valence-corrected chi connectivity index (χ4v) is 2.28. The van der Waals surface area contributed by atoms with E-state index in [4.69, 9.17) is 14.2 Å². The van der Waals surface area contributed by atoms with Crippen LogP contribution in [0.2, 0.25) is 0 Å². The van der Waals surface area contributed by atoms with Crippen LogP contribution in [0.3, 0.4) is 0 Å². The van der Waals surface area contributed by atoms with Gasteiger partial charge in [0.15, 0.2) is 11.5 Å². The normalized spacial score (nSPS) is 10.6. The van der Waals surface area contributed by atoms with Crippen molar-refractivity contribution in [2.24, 2.45) is 0 Å². The SMILES string of the molecule is C=CCOc1ccc(/C=C(\C#N)C(=O)c2cccc(OC)c2)cc1OC. The fourth-order valence-electron chi connectivity index (χ4n) is 2.28. The van der Waals surface area contributed by atoms with Gasteiger partial charge in [-0.25, -0.2) is 0 Å². The summed E-state index contributed by atoms with van der Waals surface area (Å²) in [5, 5.41) is 9.41. The Bertz CT molecular complexity index is 878. The second-order valence-corrected chi connectivity index (χ2v) is 5.24. The second kappa shape index (κ2) is 9.09. The molecule has 0 aliphatic heterocycles. The molecule has 2 aromatic carbocycles. The van der Waals surface area contributed by atoms with Crippen LogP contribution in [-0.4, -0.2) is 26.6 Å². The molecule has 0 atom stereocenters. The highest BCUT2D eigenvalue weighted by Gasteiger charge is 2.14. The molecule has 0 aromatic heterocycles. The molecular formula is C21H19NO4. The van der Waals surface area contributed by atoms with Gasteiger partial charge in [-0.15, -0.1) is 0 Å². The highest BCUT2D eigenvalue weighted by Crippen LogP contribution is 2.29. The standard InChI is InChI=1S/C21H19NO4/c1-4-10-26-19-9-8-15(12-20(19)25-3)11-17(14-22)21(23)16-6-5-7-18(13-16)24-2/h4-9,11-13H,1,10H2,2-3H3/b17-11+. The lowest BCUT2D eigenvalue weighted by Crippen LogP contribution is -2.02. The van der Waals surface area contributed by atoms with Crippen LogP contribution in [0.25, 0.3) is 6.08 Å². The van der Waals surface area contributed by atoms with Crippen molar-refractivity contribution in [1.29, 1.82) is 5.26 Å². The Morgan fingerprint density at radius 2 is 1.96 bits per heavy atom. The summed E-state index contributed by atoms with van der Waals surface area (Å²) < 4.78 is 15.9. The largest absolute Gasteiger partial charge is 0.497 e. The number of nitriles is 1. The number of rotatable bonds is 8. The fraction of sp³-hybridized carbons (Fsp3) is 0.143. The van der Waals surface area contributed by atoms with Gasteiger partial charge in [0.1, 0.15) is 24.0 Å². The first-order valence-corrected chi connectivity index (χ1v) is 7.85. The van der Waals surface area contributed by atoms with E-state index in [1.807, 2.05) is 6.07 Å². The van der Waals surface area contributed by atoms with Crippen LogP contribution < -0.4 is 14.2 Å². The third-order valence-electron chi connectivity index (χ3n) is 3.55. The van der Waals surface area contributed by atoms with Crippen LogP contribution in [0.15, 0.2) is 60.7 Å². The first kappa shape index (κ1) is 18.8. The summed E-state index contributed by atoms with van der Waals surface area (Å²) in [4.78, 5) is 12.6. The van der Waals surface area contributed by atoms with Crippen molar-refractivity contribution in [3.8, 4) is 23.3 Å². The molecule has 132 valence electrons. The maximum absolute atomic E-state index is 12.6. The first-order valence-electron chi connectivity index (χ1n) is 7.85. The number of benzene rings is 2. The van der Waals surface area contributed by atoms with Gasteiger partial charge < -0.3 is 14.2 Å². The zero-order valence-corrected chi connectivity index (χ0v) is 14.7. The Morgan fingerprint density at radius 3 is 2.62 bits per heavy atom. The highest BCUT2D eigenvalue weighted by molar-refractivity contribution is 6.14. The van der Waals surface area contributed by atoms with Crippen molar-refractivity contribution in [2.45, 2.75) is 0 Å². The van der Waals surface area contributed by atoms with E-state index in [1.165, 1.54) is 20.3 Å². The number of carbonyl (C=O) groups excluding carboxylic acids is 1. The van der Waals surface area contributed by atoms with E-state index in [0.29, 0.717) is 35.0 Å². The minimum Gasteiger partial charge on any atom is -0.497 e. The smallest absolute Gasteiger partial charge is 0.203 e. The van der Waals surface area contributed by atoms with Gasteiger partial charge in [-0.05, 0) is 35.9 Å². The number of carbonyl (C=O) groups is 1. The van der Waals surface area contributed by atoms with Crippen molar-refractivity contribution < 1.29 is 19.0 Å². The molecule has 0 N–H and O–H groups in total. The number of methoxy groups -OCH3 is 2. The first-order chi connectivity index (χ1) is 12.6. The van der Waals surface area contributed by atoms with Crippen molar-refractivity contribution in [3.63, 3.8) is 0 Å². The number of allylic oxidation sites excluding steroid dienone is 1. The number of nitrogens with zero attached hydrogens (tertiary/aromatic N) is 1. The molecule has 0 radical (unpaired) electrons. The molecule has 0 heterocycles. The van der Waals surface area contributed by atoms with Gasteiger partial charge in [0.2, 0.25) is 5.78 Å². The van der Waals surface area contributed by atoms with Crippen LogP contribution in [0, 0.1) is 11.3 Å². The predicted octanol–water partition coefficient (Wildman–Crippen LogP) is 4.06. The second-order valence-electron chi connectivity index (χ2n) is 5.24. The number of Topliss-reactive ketones (excluding diaryl/α,β-unsaturated/α-hetero) is 1. The molecule has 0 amide bonds. The number of hydrogen-bond acceptors (Lipinski definition) is 5. The summed E-state index contributed by atoms with van der Waals surface area (Å²) >= 11 is 0. The lowest BCUT2D eigenvalue weighted by atomic mass is 10.0. The number of ether oxygens (including phenoxy) is 3. The lowest BCUT2D eigenvalue weighted by Gasteiger charge is -2.10. The van der Waals surface area contributed by atoms with Gasteiger partial charge in [0.05, 0.1) is 14.2 Å². The Kier molecular flexibility index (Phi) is 6.58. The van der Waals surface area contributed by atoms with E-state index >= 15 is 0 Å². The third kappa shape index (κ3) is 4.52. The van der Waals surface area contributed by atoms with Crippen molar-refractivity contribution >= 4 is 11.9 Å². The molecule has 0 bridgehead atoms.